The molecule has 0 aromatic carbocycles. The molecule has 2 amide bonds. The van der Waals surface area contributed by atoms with Gasteiger partial charge in [0.2, 0.25) is 5.91 Å². The van der Waals surface area contributed by atoms with Crippen LogP contribution in [-0.4, -0.2) is 103 Å². The second-order valence-electron chi connectivity index (χ2n) is 7.95. The van der Waals surface area contributed by atoms with E-state index in [1.54, 1.807) is 9.80 Å². The third kappa shape index (κ3) is 5.22. The zero-order valence-electron chi connectivity index (χ0n) is 18.1. The van der Waals surface area contributed by atoms with Gasteiger partial charge in [0.05, 0.1) is 12.2 Å². The molecule has 2 aromatic rings. The Morgan fingerprint density at radius 2 is 2.03 bits per heavy atom. The third-order valence-corrected chi connectivity index (χ3v) is 5.85. The van der Waals surface area contributed by atoms with Gasteiger partial charge in [0.15, 0.2) is 5.69 Å². The Bertz CT molecular complexity index is 1010. The largest absolute Gasteiger partial charge is 0.483 e. The smallest absolute Gasteiger partial charge is 0.340 e. The van der Waals surface area contributed by atoms with Crippen molar-refractivity contribution in [3.05, 3.63) is 33.3 Å². The lowest BCUT2D eigenvalue weighted by atomic mass is 10.0. The highest BCUT2D eigenvalue weighted by Crippen LogP contribution is 2.23. The fourth-order valence-corrected chi connectivity index (χ4v) is 4.08. The van der Waals surface area contributed by atoms with Crippen molar-refractivity contribution in [2.24, 2.45) is 0 Å². The van der Waals surface area contributed by atoms with Crippen molar-refractivity contribution < 1.29 is 19.5 Å². The molecule has 2 aliphatic heterocycles. The van der Waals surface area contributed by atoms with Crippen molar-refractivity contribution in [3.63, 3.8) is 0 Å². The molecule has 0 radical (unpaired) electrons. The number of hydrogen-bond donors (Lipinski definition) is 4. The summed E-state index contributed by atoms with van der Waals surface area (Å²) in [5.74, 6) is 0.384. The van der Waals surface area contributed by atoms with E-state index in [0.717, 1.165) is 30.8 Å². The highest BCUT2D eigenvalue weighted by atomic mass is 16.3. The Kier molecular flexibility index (Phi) is 7.41. The van der Waals surface area contributed by atoms with E-state index in [2.05, 4.69) is 37.3 Å². The van der Waals surface area contributed by atoms with Crippen LogP contribution in [0.15, 0.2) is 4.79 Å². The maximum atomic E-state index is 13.0. The first-order chi connectivity index (χ1) is 15.3. The van der Waals surface area contributed by atoms with E-state index >= 15 is 0 Å². The van der Waals surface area contributed by atoms with Crippen LogP contribution in [0.1, 0.15) is 40.4 Å². The number of hydrogen-bond acceptors (Lipinski definition) is 7. The first-order valence-corrected chi connectivity index (χ1v) is 10.3. The summed E-state index contributed by atoms with van der Waals surface area (Å²) in [4.78, 5) is 53.2. The average molecular weight is 448 g/mol. The number of nitrogens with zero attached hydrogens (tertiary/aromatic N) is 5. The summed E-state index contributed by atoms with van der Waals surface area (Å²) in [6.07, 6.45) is 2.19. The molecule has 2 aromatic heterocycles. The van der Waals surface area contributed by atoms with Crippen LogP contribution in [0.2, 0.25) is 0 Å². The van der Waals surface area contributed by atoms with Gasteiger partial charge in [0.25, 0.3) is 12.4 Å². The van der Waals surface area contributed by atoms with E-state index in [1.165, 1.54) is 0 Å². The number of aromatic nitrogens is 5. The fraction of sp³-hybridized carbons (Fsp3) is 0.579. The van der Waals surface area contributed by atoms with Crippen LogP contribution in [-0.2, 0) is 29.0 Å². The van der Waals surface area contributed by atoms with E-state index < -0.39 is 0 Å². The Morgan fingerprint density at radius 3 is 2.66 bits per heavy atom. The van der Waals surface area contributed by atoms with Crippen molar-refractivity contribution in [2.75, 3.05) is 33.7 Å². The summed E-state index contributed by atoms with van der Waals surface area (Å²) in [6, 6.07) is 0.204. The van der Waals surface area contributed by atoms with Crippen LogP contribution in [0.25, 0.3) is 0 Å². The molecule has 13 nitrogen and oxygen atoms in total. The number of carbonyl (C=O) groups is 3. The van der Waals surface area contributed by atoms with Gasteiger partial charge >= 0.3 is 5.69 Å². The van der Waals surface area contributed by atoms with Gasteiger partial charge in [-0.1, -0.05) is 0 Å². The molecule has 32 heavy (non-hydrogen) atoms. The van der Waals surface area contributed by atoms with E-state index in [1.807, 2.05) is 7.05 Å². The molecule has 4 rings (SSSR count). The van der Waals surface area contributed by atoms with E-state index in [0.29, 0.717) is 37.4 Å². The number of likely N-dealkylation sites (N-methyl/N-ethyl adjacent to an activating group) is 2. The monoisotopic (exact) mass is 448 g/mol. The van der Waals surface area contributed by atoms with Crippen molar-refractivity contribution in [1.82, 2.24) is 40.1 Å². The minimum Gasteiger partial charge on any atom is -0.483 e. The maximum Gasteiger partial charge on any atom is 0.340 e. The number of aryl methyl sites for hydroxylation is 1. The first kappa shape index (κ1) is 23.2. The van der Waals surface area contributed by atoms with Crippen LogP contribution >= 0.6 is 0 Å². The number of rotatable bonds is 5. The zero-order chi connectivity index (χ0) is 23.3. The molecule has 0 aliphatic carbocycles. The molecule has 1 atom stereocenters. The van der Waals surface area contributed by atoms with Crippen LogP contribution in [0.5, 0.6) is 0 Å². The summed E-state index contributed by atoms with van der Waals surface area (Å²) in [6.45, 7) is 2.56. The lowest BCUT2D eigenvalue weighted by Gasteiger charge is -2.28. The standard InChI is InChI=1S/C18H26N8O3.CH2O2/c1-24-7-5-11(9-24)25(2)17(28)16-12-6-8-26(10-13(12)20-22-16)15(27)4-3-14-19-18(29)23-21-14;2-1-3/h11H,3-10H2,1-2H3,(H,20,22)(H2,19,21,23,29);1H,(H,2,3). The van der Waals surface area contributed by atoms with Gasteiger partial charge in [0.1, 0.15) is 5.82 Å². The lowest BCUT2D eigenvalue weighted by molar-refractivity contribution is -0.132. The van der Waals surface area contributed by atoms with E-state index in [-0.39, 0.29) is 36.4 Å². The minimum absolute atomic E-state index is 0.0203. The average Bonchev–Trinajstić information content (AvgIpc) is 3.50. The minimum atomic E-state index is -0.376. The van der Waals surface area contributed by atoms with Crippen molar-refractivity contribution in [1.29, 1.82) is 0 Å². The molecular weight excluding hydrogens is 420 g/mol. The van der Waals surface area contributed by atoms with Gasteiger partial charge in [0, 0.05) is 44.6 Å². The number of amides is 2. The first-order valence-electron chi connectivity index (χ1n) is 10.3. The predicted octanol–water partition coefficient (Wildman–Crippen LogP) is -1.18. The van der Waals surface area contributed by atoms with Crippen LogP contribution in [0, 0.1) is 0 Å². The van der Waals surface area contributed by atoms with Gasteiger partial charge in [-0.25, -0.2) is 9.89 Å². The molecule has 2 aliphatic rings. The molecular formula is C19H28N8O5. The van der Waals surface area contributed by atoms with Crippen LogP contribution in [0.4, 0.5) is 0 Å². The number of H-pyrrole nitrogens is 3. The number of aromatic amines is 3. The van der Waals surface area contributed by atoms with Crippen LogP contribution in [0.3, 0.4) is 0 Å². The normalized spacial score (nSPS) is 17.9. The highest BCUT2D eigenvalue weighted by molar-refractivity contribution is 5.94. The number of likely N-dealkylation sites (tertiary alicyclic amines) is 1. The molecule has 4 heterocycles. The summed E-state index contributed by atoms with van der Waals surface area (Å²) in [5.41, 5.74) is 1.82. The Labute approximate surface area is 183 Å². The molecule has 0 saturated carbocycles. The summed E-state index contributed by atoms with van der Waals surface area (Å²) >= 11 is 0. The van der Waals surface area contributed by atoms with Crippen molar-refractivity contribution in [3.8, 4) is 0 Å². The Hall–Kier alpha value is -3.48. The molecule has 1 saturated heterocycles. The lowest BCUT2D eigenvalue weighted by Crippen LogP contribution is -2.40. The number of nitrogens with one attached hydrogen (secondary N) is 3. The Balaban J connectivity index is 0.000000913. The summed E-state index contributed by atoms with van der Waals surface area (Å²) in [5, 5.41) is 20.2. The fourth-order valence-electron chi connectivity index (χ4n) is 4.08. The highest BCUT2D eigenvalue weighted by Gasteiger charge is 2.32. The van der Waals surface area contributed by atoms with Gasteiger partial charge < -0.3 is 19.8 Å². The van der Waals surface area contributed by atoms with E-state index in [9.17, 15) is 14.4 Å². The van der Waals surface area contributed by atoms with Crippen molar-refractivity contribution >= 4 is 18.3 Å². The predicted molar refractivity (Wildman–Crippen MR) is 112 cm³/mol. The molecule has 1 fully saturated rings. The molecule has 174 valence electrons. The molecule has 4 N–H and O–H groups in total. The quantitative estimate of drug-likeness (QED) is 0.414. The SMILES string of the molecule is CN1CCC(N(C)C(=O)c2n[nH]c3c2CCN(C(=O)CCc2n[nH]c(=O)[nH]2)C3)C1.O=CO. The molecule has 0 spiro atoms. The number of carboxylic acid groups (broad SMARTS) is 1. The molecule has 0 bridgehead atoms. The topological polar surface area (TPSA) is 171 Å². The molecule has 1 unspecified atom stereocenters. The second kappa shape index (κ2) is 10.2. The number of carbonyl (C=O) groups excluding carboxylic acids is 2. The number of fused-ring (bicyclic) bond motifs is 1. The zero-order valence-corrected chi connectivity index (χ0v) is 18.1. The second-order valence-corrected chi connectivity index (χ2v) is 7.95. The van der Waals surface area contributed by atoms with Gasteiger partial charge in [-0.2, -0.15) is 10.2 Å². The maximum absolute atomic E-state index is 13.0. The van der Waals surface area contributed by atoms with Gasteiger partial charge in [-0.3, -0.25) is 24.5 Å². The van der Waals surface area contributed by atoms with E-state index in [4.69, 9.17) is 9.90 Å². The molecule has 13 heteroatoms. The van der Waals surface area contributed by atoms with Gasteiger partial charge in [-0.15, -0.1) is 0 Å². The third-order valence-electron chi connectivity index (χ3n) is 5.85. The van der Waals surface area contributed by atoms with Crippen molar-refractivity contribution in [2.45, 2.75) is 38.3 Å². The summed E-state index contributed by atoms with van der Waals surface area (Å²) in [7, 11) is 3.90. The van der Waals surface area contributed by atoms with Gasteiger partial charge in [-0.05, 0) is 26.4 Å². The van der Waals surface area contributed by atoms with Crippen LogP contribution < -0.4 is 5.69 Å². The Morgan fingerprint density at radius 1 is 1.28 bits per heavy atom. The summed E-state index contributed by atoms with van der Waals surface area (Å²) < 4.78 is 0.